The highest BCUT2D eigenvalue weighted by Gasteiger charge is 2.17. The lowest BCUT2D eigenvalue weighted by molar-refractivity contribution is 0.165. The number of hydrogen-bond acceptors (Lipinski definition) is 4. The number of nitrogens with two attached hydrogens (primary N) is 1. The van der Waals surface area contributed by atoms with Gasteiger partial charge in [0, 0.05) is 6.20 Å². The number of methoxy groups -OCH3 is 1. The van der Waals surface area contributed by atoms with Crippen LogP contribution in [0.1, 0.15) is 18.1 Å². The van der Waals surface area contributed by atoms with E-state index >= 15 is 0 Å². The zero-order chi connectivity index (χ0) is 10.6. The highest BCUT2D eigenvalue weighted by atomic mass is 35.5. The van der Waals surface area contributed by atoms with E-state index in [1.54, 1.807) is 6.07 Å². The summed E-state index contributed by atoms with van der Waals surface area (Å²) in [7, 11) is 1.48. The van der Waals surface area contributed by atoms with Crippen molar-refractivity contribution in [2.75, 3.05) is 13.7 Å². The second-order valence-electron chi connectivity index (χ2n) is 2.81. The molecule has 0 aliphatic carbocycles. The number of nitrogens with zero attached hydrogens (tertiary/aromatic N) is 1. The van der Waals surface area contributed by atoms with E-state index in [-0.39, 0.29) is 0 Å². The Morgan fingerprint density at radius 2 is 2.43 bits per heavy atom. The van der Waals surface area contributed by atoms with Crippen molar-refractivity contribution in [2.24, 2.45) is 5.73 Å². The minimum absolute atomic E-state index is 0.346. The lowest BCUT2D eigenvalue weighted by Crippen LogP contribution is -2.09. The average Bonchev–Trinajstić information content (AvgIpc) is 2.17. The molecule has 14 heavy (non-hydrogen) atoms. The SMILES string of the molecule is COc1nccc(Cl)c1[C@@H](O)CCN. The number of pyridine rings is 1. The Bertz CT molecular complexity index is 307. The molecule has 0 aromatic carbocycles. The van der Waals surface area contributed by atoms with E-state index in [4.69, 9.17) is 22.1 Å². The summed E-state index contributed by atoms with van der Waals surface area (Å²) in [6.45, 7) is 0.384. The summed E-state index contributed by atoms with van der Waals surface area (Å²) in [5, 5.41) is 10.2. The van der Waals surface area contributed by atoms with Crippen molar-refractivity contribution in [3.05, 3.63) is 22.8 Å². The molecule has 0 aliphatic rings. The van der Waals surface area contributed by atoms with Gasteiger partial charge in [0.1, 0.15) is 0 Å². The summed E-state index contributed by atoms with van der Waals surface area (Å²) >= 11 is 5.92. The standard InChI is InChI=1S/C9H13ClN2O2/c1-14-9-8(7(13)2-4-11)6(10)3-5-12-9/h3,5,7,13H,2,4,11H2,1H3/t7-/m0/s1. The predicted molar refractivity (Wildman–Crippen MR) is 54.4 cm³/mol. The average molecular weight is 217 g/mol. The number of halogens is 1. The van der Waals surface area contributed by atoms with E-state index in [1.165, 1.54) is 13.3 Å². The number of aliphatic hydroxyl groups excluding tert-OH is 1. The quantitative estimate of drug-likeness (QED) is 0.792. The fourth-order valence-electron chi connectivity index (χ4n) is 1.20. The second kappa shape index (κ2) is 5.14. The molecule has 0 fully saturated rings. The van der Waals surface area contributed by atoms with Crippen LogP contribution in [0.2, 0.25) is 5.02 Å². The van der Waals surface area contributed by atoms with Gasteiger partial charge in [0.25, 0.3) is 0 Å². The molecule has 3 N–H and O–H groups in total. The van der Waals surface area contributed by atoms with Gasteiger partial charge in [0.2, 0.25) is 5.88 Å². The van der Waals surface area contributed by atoms with Crippen LogP contribution in [0.15, 0.2) is 12.3 Å². The van der Waals surface area contributed by atoms with Gasteiger partial charge in [-0.3, -0.25) is 0 Å². The van der Waals surface area contributed by atoms with Gasteiger partial charge < -0.3 is 15.6 Å². The van der Waals surface area contributed by atoms with Crippen LogP contribution in [0, 0.1) is 0 Å². The molecule has 78 valence electrons. The molecule has 0 saturated carbocycles. The molecule has 0 aliphatic heterocycles. The van der Waals surface area contributed by atoms with Crippen LogP contribution in [0.4, 0.5) is 0 Å². The van der Waals surface area contributed by atoms with E-state index in [9.17, 15) is 5.11 Å². The maximum absolute atomic E-state index is 9.73. The Labute approximate surface area is 87.7 Å². The van der Waals surface area contributed by atoms with Crippen LogP contribution in [-0.2, 0) is 0 Å². The van der Waals surface area contributed by atoms with Gasteiger partial charge in [0.15, 0.2) is 0 Å². The minimum atomic E-state index is -0.726. The van der Waals surface area contributed by atoms with Crippen molar-refractivity contribution in [1.29, 1.82) is 0 Å². The zero-order valence-electron chi connectivity index (χ0n) is 7.90. The van der Waals surface area contributed by atoms with E-state index in [0.717, 1.165) is 0 Å². The number of rotatable bonds is 4. The monoisotopic (exact) mass is 216 g/mol. The molecule has 5 heteroatoms. The molecule has 0 amide bonds. The fourth-order valence-corrected chi connectivity index (χ4v) is 1.46. The molecule has 0 spiro atoms. The molecule has 1 atom stereocenters. The van der Waals surface area contributed by atoms with Gasteiger partial charge in [-0.25, -0.2) is 4.98 Å². The fraction of sp³-hybridized carbons (Fsp3) is 0.444. The summed E-state index contributed by atoms with van der Waals surface area (Å²) in [4.78, 5) is 3.95. The second-order valence-corrected chi connectivity index (χ2v) is 3.22. The maximum Gasteiger partial charge on any atom is 0.220 e. The van der Waals surface area contributed by atoms with Crippen LogP contribution in [0.5, 0.6) is 5.88 Å². The summed E-state index contributed by atoms with van der Waals surface area (Å²) in [6.07, 6.45) is 1.23. The van der Waals surface area contributed by atoms with Crippen molar-refractivity contribution in [3.8, 4) is 5.88 Å². The van der Waals surface area contributed by atoms with Gasteiger partial charge >= 0.3 is 0 Å². The molecule has 1 heterocycles. The highest BCUT2D eigenvalue weighted by Crippen LogP contribution is 2.31. The Balaban J connectivity index is 3.03. The van der Waals surface area contributed by atoms with E-state index in [0.29, 0.717) is 29.4 Å². The van der Waals surface area contributed by atoms with Crippen molar-refractivity contribution in [2.45, 2.75) is 12.5 Å². The maximum atomic E-state index is 9.73. The van der Waals surface area contributed by atoms with Crippen molar-refractivity contribution in [3.63, 3.8) is 0 Å². The first-order chi connectivity index (χ1) is 6.70. The Kier molecular flexibility index (Phi) is 4.13. The lowest BCUT2D eigenvalue weighted by Gasteiger charge is -2.14. The van der Waals surface area contributed by atoms with Crippen LogP contribution >= 0.6 is 11.6 Å². The molecule has 4 nitrogen and oxygen atoms in total. The smallest absolute Gasteiger partial charge is 0.220 e. The number of aliphatic hydroxyl groups is 1. The van der Waals surface area contributed by atoms with E-state index < -0.39 is 6.10 Å². The first kappa shape index (κ1) is 11.2. The van der Waals surface area contributed by atoms with Gasteiger partial charge in [-0.15, -0.1) is 0 Å². The van der Waals surface area contributed by atoms with Crippen LogP contribution in [-0.4, -0.2) is 23.7 Å². The Morgan fingerprint density at radius 1 is 1.71 bits per heavy atom. The predicted octanol–water partition coefficient (Wildman–Crippen LogP) is 1.13. The summed E-state index contributed by atoms with van der Waals surface area (Å²) in [5.74, 6) is 0.346. The van der Waals surface area contributed by atoms with Crippen LogP contribution in [0.25, 0.3) is 0 Å². The molecule has 1 aromatic heterocycles. The van der Waals surface area contributed by atoms with Crippen LogP contribution in [0.3, 0.4) is 0 Å². The molecular weight excluding hydrogens is 204 g/mol. The normalized spacial score (nSPS) is 12.6. The van der Waals surface area contributed by atoms with Gasteiger partial charge in [-0.1, -0.05) is 11.6 Å². The van der Waals surface area contributed by atoms with E-state index in [2.05, 4.69) is 4.98 Å². The molecule has 1 aromatic rings. The van der Waals surface area contributed by atoms with Gasteiger partial charge in [-0.05, 0) is 19.0 Å². The number of ether oxygens (including phenoxy) is 1. The third-order valence-corrected chi connectivity index (χ3v) is 2.20. The third kappa shape index (κ3) is 2.35. The Morgan fingerprint density at radius 3 is 3.00 bits per heavy atom. The topological polar surface area (TPSA) is 68.4 Å². The van der Waals surface area contributed by atoms with Crippen molar-refractivity contribution >= 4 is 11.6 Å². The first-order valence-corrected chi connectivity index (χ1v) is 4.65. The molecular formula is C9H13ClN2O2. The number of aromatic nitrogens is 1. The molecule has 0 bridgehead atoms. The van der Waals surface area contributed by atoms with E-state index in [1.807, 2.05) is 0 Å². The summed E-state index contributed by atoms with van der Waals surface area (Å²) in [5.41, 5.74) is 5.85. The highest BCUT2D eigenvalue weighted by molar-refractivity contribution is 6.31. The minimum Gasteiger partial charge on any atom is -0.481 e. The molecule has 0 saturated heterocycles. The third-order valence-electron chi connectivity index (χ3n) is 1.87. The van der Waals surface area contributed by atoms with Crippen molar-refractivity contribution in [1.82, 2.24) is 4.98 Å². The van der Waals surface area contributed by atoms with Crippen molar-refractivity contribution < 1.29 is 9.84 Å². The molecule has 0 unspecified atom stereocenters. The summed E-state index contributed by atoms with van der Waals surface area (Å²) in [6, 6.07) is 1.61. The number of hydrogen-bond donors (Lipinski definition) is 2. The zero-order valence-corrected chi connectivity index (χ0v) is 8.66. The molecule has 1 rings (SSSR count). The largest absolute Gasteiger partial charge is 0.481 e. The molecule has 0 radical (unpaired) electrons. The summed E-state index contributed by atoms with van der Waals surface area (Å²) < 4.78 is 5.00. The van der Waals surface area contributed by atoms with Gasteiger partial charge in [-0.2, -0.15) is 0 Å². The Hall–Kier alpha value is -0.840. The van der Waals surface area contributed by atoms with Crippen LogP contribution < -0.4 is 10.5 Å². The van der Waals surface area contributed by atoms with Gasteiger partial charge in [0.05, 0.1) is 23.8 Å². The first-order valence-electron chi connectivity index (χ1n) is 4.27. The lowest BCUT2D eigenvalue weighted by atomic mass is 10.1.